The van der Waals surface area contributed by atoms with E-state index < -0.39 is 63.7 Å². The molecule has 4 aromatic carbocycles. The first-order chi connectivity index (χ1) is 30.3. The zero-order valence-corrected chi connectivity index (χ0v) is 45.0. The Hall–Kier alpha value is -4.69. The van der Waals surface area contributed by atoms with Crippen LogP contribution in [0.25, 0.3) is 0 Å². The van der Waals surface area contributed by atoms with Gasteiger partial charge >= 0.3 is 62.1 Å². The fourth-order valence-corrected chi connectivity index (χ4v) is 6.11. The Morgan fingerprint density at radius 3 is 1.51 bits per heavy atom. The third kappa shape index (κ3) is 12.8. The third-order valence-corrected chi connectivity index (χ3v) is 8.58. The van der Waals surface area contributed by atoms with Crippen molar-refractivity contribution in [2.45, 2.75) is 0 Å². The van der Waals surface area contributed by atoms with E-state index in [0.29, 0.717) is 13.3 Å². The number of anilines is 1. The van der Waals surface area contributed by atoms with Gasteiger partial charge in [0.15, 0.2) is 11.6 Å². The van der Waals surface area contributed by atoms with Gasteiger partial charge in [-0.1, -0.05) is 30.8 Å². The van der Waals surface area contributed by atoms with Gasteiger partial charge in [-0.3, -0.25) is 43.5 Å². The summed E-state index contributed by atoms with van der Waals surface area (Å²) in [4.78, 5) is 110. The van der Waals surface area contributed by atoms with E-state index in [1.807, 2.05) is 4.98 Å². The van der Waals surface area contributed by atoms with Crippen molar-refractivity contribution in [2.75, 3.05) is 5.73 Å². The molecule has 1 aromatic heterocycles. The van der Waals surface area contributed by atoms with Crippen LogP contribution in [0.5, 0.6) is 23.0 Å². The maximum atomic E-state index is 12.8. The number of hydrogen-bond acceptors (Lipinski definition) is 15. The van der Waals surface area contributed by atoms with Crippen molar-refractivity contribution in [2.24, 2.45) is 0 Å². The van der Waals surface area contributed by atoms with E-state index in [0.717, 1.165) is 30.3 Å². The molecule has 1 aliphatic heterocycles. The molecule has 65 heavy (non-hydrogen) atoms. The number of phenols is 4. The van der Waals surface area contributed by atoms with Crippen molar-refractivity contribution in [1.82, 2.24) is 25.9 Å². The van der Waals surface area contributed by atoms with Gasteiger partial charge in [-0.15, -0.1) is 24.0 Å². The summed E-state index contributed by atoms with van der Waals surface area (Å²) in [6, 6.07) is 13.3. The third-order valence-electron chi connectivity index (χ3n) is 8.58. The first-order valence-corrected chi connectivity index (χ1v) is 35.8. The molecule has 2 amide bonds. The van der Waals surface area contributed by atoms with E-state index in [-0.39, 0.29) is 109 Å². The number of carboxylic acids is 1. The maximum Gasteiger partial charge on any atom is 0.335 e. The second-order valence-corrected chi connectivity index (χ2v) is 28.8. The van der Waals surface area contributed by atoms with Crippen LogP contribution < -0.4 is 46.2 Å². The molecule has 8 rings (SSSR count). The van der Waals surface area contributed by atoms with Crippen LogP contribution in [-0.2, 0) is 4.79 Å². The molecule has 26 heteroatoms. The zero-order valence-electron chi connectivity index (χ0n) is 31.9. The van der Waals surface area contributed by atoms with E-state index in [4.69, 9.17) is 10.8 Å². The Kier molecular flexibility index (Phi) is 20.3. The summed E-state index contributed by atoms with van der Waals surface area (Å²) in [6.07, 6.45) is 1.10. The van der Waals surface area contributed by atoms with Crippen LogP contribution in [0.2, 0.25) is 0 Å². The molecule has 0 radical (unpaired) electrons. The van der Waals surface area contributed by atoms with Gasteiger partial charge in [0.2, 0.25) is 11.6 Å². The van der Waals surface area contributed by atoms with Gasteiger partial charge in [-0.25, -0.2) is 9.59 Å². The van der Waals surface area contributed by atoms with Crippen LogP contribution in [0.15, 0.2) is 101 Å². The van der Waals surface area contributed by atoms with Gasteiger partial charge in [0, 0.05) is 77.2 Å². The molecule has 0 bridgehead atoms. The Labute approximate surface area is 434 Å². The molecule has 0 atom stereocenters. The van der Waals surface area contributed by atoms with E-state index in [1.165, 1.54) is 42.5 Å². The molecule has 0 saturated carbocycles. The summed E-state index contributed by atoms with van der Waals surface area (Å²) in [7, 11) is 0. The van der Waals surface area contributed by atoms with Gasteiger partial charge < -0.3 is 47.2 Å². The SMILES string of the molecule is C=C1NC(=O)C=C(NC(=O)c2cc(O)c3c(c2)C(=O)c2cccc(O)c2C3=O)N1.I.II.I[I-]I.Nc1cc(=O)[nH]c(=O)[nH]1.O=C(O)c1cc(O)c2c(c1)C(=O)c1cccc(O)c1C2=O. The van der Waals surface area contributed by atoms with Crippen molar-refractivity contribution in [1.29, 1.82) is 0 Å². The second-order valence-electron chi connectivity index (χ2n) is 12.6. The number of aromatic nitrogens is 2. The number of H-pyrrole nitrogens is 2. The first-order valence-electron chi connectivity index (χ1n) is 17.0. The monoisotopic (exact) mass is 1560 g/mol. The molecular weight excluding hydrogens is 1540 g/mol. The summed E-state index contributed by atoms with van der Waals surface area (Å²) >= 11 is 9.54. The van der Waals surface area contributed by atoms with Crippen LogP contribution in [0.3, 0.4) is 0 Å². The number of halogens is 6. The fraction of sp³-hybridized carbons (Fsp3) is 0. The number of aromatic carboxylic acids is 1. The average molecular weight is 1570 g/mol. The molecule has 12 N–H and O–H groups in total. The summed E-state index contributed by atoms with van der Waals surface area (Å²) in [5.41, 5.74) is 2.26. The number of nitrogens with two attached hydrogens (primary N) is 1. The average Bonchev–Trinajstić information content (AvgIpc) is 3.22. The molecule has 2 aliphatic carbocycles. The summed E-state index contributed by atoms with van der Waals surface area (Å²) in [5, 5.41) is 56.3. The van der Waals surface area contributed by atoms with E-state index in [1.54, 1.807) is 0 Å². The van der Waals surface area contributed by atoms with Gasteiger partial charge in [0.05, 0.1) is 27.8 Å². The van der Waals surface area contributed by atoms with Gasteiger partial charge in [0.25, 0.3) is 17.4 Å². The van der Waals surface area contributed by atoms with Crippen molar-refractivity contribution >= 4 is 145 Å². The Morgan fingerprint density at radius 2 is 1.08 bits per heavy atom. The quantitative estimate of drug-likeness (QED) is 0.113. The molecule has 340 valence electrons. The number of rotatable bonds is 3. The Bertz CT molecular complexity index is 2940. The van der Waals surface area contributed by atoms with Crippen molar-refractivity contribution in [3.05, 3.63) is 167 Å². The molecule has 0 saturated heterocycles. The smallest absolute Gasteiger partial charge is 0.335 e. The van der Waals surface area contributed by atoms with Crippen LogP contribution >= 0.6 is 98.4 Å². The predicted octanol–water partition coefficient (Wildman–Crippen LogP) is 2.02. The van der Waals surface area contributed by atoms with Gasteiger partial charge in [0.1, 0.15) is 40.5 Å². The van der Waals surface area contributed by atoms with Gasteiger partial charge in [-0.05, 0) is 36.4 Å². The second kappa shape index (κ2) is 24.2. The largest absolute Gasteiger partial charge is 0.507 e. The maximum absolute atomic E-state index is 12.8. The van der Waals surface area contributed by atoms with Crippen LogP contribution in [-0.4, -0.2) is 76.4 Å². The minimum absolute atomic E-state index is 0. The van der Waals surface area contributed by atoms with Crippen molar-refractivity contribution < 1.29 is 72.3 Å². The topological polar surface area (TPSA) is 348 Å². The molecule has 20 nitrogen and oxygen atoms in total. The number of phenolic OH excluding ortho intramolecular Hbond substituents is 4. The number of amides is 2. The number of carbonyl (C=O) groups excluding carboxylic acids is 6. The number of hydrogen-bond donors (Lipinski definition) is 11. The number of nitrogen functional groups attached to an aromatic ring is 1. The zero-order chi connectivity index (χ0) is 47.7. The number of fused-ring (bicyclic) bond motifs is 4. The van der Waals surface area contributed by atoms with Crippen LogP contribution in [0.4, 0.5) is 5.82 Å². The Morgan fingerprint density at radius 1 is 0.631 bits per heavy atom. The number of carboxylic acid groups (broad SMARTS) is 1. The molecule has 0 spiro atoms. The van der Waals surface area contributed by atoms with Crippen LogP contribution in [0.1, 0.15) is 84.4 Å². The summed E-state index contributed by atoms with van der Waals surface area (Å²) in [6.45, 7) is 3.54. The number of carbonyl (C=O) groups is 7. The number of nitrogens with one attached hydrogen (secondary N) is 5. The Balaban J connectivity index is 0.000000271. The van der Waals surface area contributed by atoms with Gasteiger partial charge in [-0.2, -0.15) is 0 Å². The molecule has 2 heterocycles. The molecule has 0 fully saturated rings. The molecule has 0 unspecified atom stereocenters. The molecule has 5 aromatic rings. The number of aromatic amines is 2. The van der Waals surface area contributed by atoms with Crippen LogP contribution in [0, 0.1) is 0 Å². The predicted molar refractivity (Wildman–Crippen MR) is 273 cm³/mol. The summed E-state index contributed by atoms with van der Waals surface area (Å²) < 4.78 is 0. The molecule has 3 aliphatic rings. The minimum atomic E-state index is -1.32. The van der Waals surface area contributed by atoms with Crippen molar-refractivity contribution in [3.8, 4) is 23.0 Å². The van der Waals surface area contributed by atoms with E-state index in [9.17, 15) is 63.6 Å². The minimum Gasteiger partial charge on any atom is -0.507 e. The normalized spacial score (nSPS) is 12.5. The van der Waals surface area contributed by atoms with Crippen molar-refractivity contribution in [3.63, 3.8) is 0 Å². The summed E-state index contributed by atoms with van der Waals surface area (Å²) in [5.74, 6) is -6.83. The molecular formula is C39H27I6N6O14-. The van der Waals surface area contributed by atoms with E-state index in [2.05, 4.69) is 102 Å². The number of ketones is 4. The number of benzene rings is 4. The standard InChI is InChI=1S/C20H13N3O6.C15H8O6.C4H5N3O2.I3.I2.HI/c1-8-21-14(7-15(26)22-8)23-20(29)9-5-11-17(13(25)6-9)19(28)16-10(18(11)27)3-2-4-12(16)24;16-9-3-1-2-7-11(9)14(19)12-8(13(7)18)4-6(15(20)21)5-10(12)17;5-2-1-3(8)7-4(9)6-2;1-3-2;1-2;/h2-7,21,24-25H,1H2,(H,22,26)(H,23,29);1-5,16-17H,(H,20,21);1H,(H4,5,6,7,8,9);;;1H/q;;;-1;;. The number of aromatic hydroxyl groups is 4. The van der Waals surface area contributed by atoms with E-state index >= 15 is 0 Å². The fourth-order valence-electron chi connectivity index (χ4n) is 6.11. The first kappa shape index (κ1) is 54.6.